The van der Waals surface area contributed by atoms with Crippen molar-refractivity contribution in [3.05, 3.63) is 66.2 Å². The molecule has 1 fully saturated rings. The molecule has 4 rings (SSSR count). The van der Waals surface area contributed by atoms with Crippen LogP contribution in [-0.2, 0) is 9.84 Å². The van der Waals surface area contributed by atoms with Crippen molar-refractivity contribution in [1.82, 2.24) is 15.0 Å². The maximum atomic E-state index is 13.6. The van der Waals surface area contributed by atoms with E-state index >= 15 is 0 Å². The fraction of sp³-hybridized carbons (Fsp3) is 0.273. The van der Waals surface area contributed by atoms with Crippen LogP contribution in [0.4, 0.5) is 0 Å². The zero-order valence-electron chi connectivity index (χ0n) is 16.4. The first-order valence-corrected chi connectivity index (χ1v) is 11.3. The van der Waals surface area contributed by atoms with Gasteiger partial charge in [0.1, 0.15) is 0 Å². The second-order valence-electron chi connectivity index (χ2n) is 7.49. The number of aromatic nitrogens is 1. The highest BCUT2D eigenvalue weighted by atomic mass is 32.2. The molecule has 0 N–H and O–H groups in total. The van der Waals surface area contributed by atoms with Crippen LogP contribution >= 0.6 is 0 Å². The molecule has 0 bridgehead atoms. The number of nitrogens with zero attached hydrogens (tertiary/aromatic N) is 3. The van der Waals surface area contributed by atoms with Crippen molar-refractivity contribution in [1.29, 1.82) is 0 Å². The van der Waals surface area contributed by atoms with Gasteiger partial charge in [-0.25, -0.2) is 18.4 Å². The Morgan fingerprint density at radius 3 is 2.38 bits per heavy atom. The van der Waals surface area contributed by atoms with Gasteiger partial charge < -0.3 is 0 Å². The molecule has 6 nitrogen and oxygen atoms in total. The highest BCUT2D eigenvalue weighted by molar-refractivity contribution is 7.91. The number of fused-ring (bicyclic) bond motifs is 1. The third kappa shape index (κ3) is 3.88. The summed E-state index contributed by atoms with van der Waals surface area (Å²) in [4.78, 5) is 18.4. The van der Waals surface area contributed by atoms with Crippen molar-refractivity contribution in [2.45, 2.75) is 12.5 Å². The number of amides is 1. The number of para-hydroxylation sites is 1. The summed E-state index contributed by atoms with van der Waals surface area (Å²) in [7, 11) is 0.420. The highest BCUT2D eigenvalue weighted by Crippen LogP contribution is 2.28. The van der Waals surface area contributed by atoms with Crippen LogP contribution in [0.5, 0.6) is 0 Å². The predicted octanol–water partition coefficient (Wildman–Crippen LogP) is 3.01. The number of benzene rings is 2. The van der Waals surface area contributed by atoms with E-state index in [0.717, 1.165) is 16.5 Å². The summed E-state index contributed by atoms with van der Waals surface area (Å²) in [6.45, 7) is 0. The highest BCUT2D eigenvalue weighted by Gasteiger charge is 2.37. The summed E-state index contributed by atoms with van der Waals surface area (Å²) in [5.74, 6) is -0.111. The lowest BCUT2D eigenvalue weighted by Gasteiger charge is -2.34. The minimum atomic E-state index is -3.12. The normalized spacial score (nSPS) is 18.2. The molecule has 0 saturated carbocycles. The lowest BCUT2D eigenvalue weighted by atomic mass is 10.0. The molecule has 2 heterocycles. The molecule has 2 aromatic carbocycles. The molecule has 29 heavy (non-hydrogen) atoms. The van der Waals surface area contributed by atoms with Crippen LogP contribution in [0.3, 0.4) is 0 Å². The van der Waals surface area contributed by atoms with Crippen molar-refractivity contribution < 1.29 is 13.2 Å². The monoisotopic (exact) mass is 409 g/mol. The number of pyridine rings is 1. The van der Waals surface area contributed by atoms with Gasteiger partial charge in [0.15, 0.2) is 9.84 Å². The molecular formula is C22H23N3O3S. The van der Waals surface area contributed by atoms with E-state index in [0.29, 0.717) is 17.7 Å². The first-order chi connectivity index (χ1) is 13.9. The van der Waals surface area contributed by atoms with Gasteiger partial charge in [-0.1, -0.05) is 48.5 Å². The molecule has 1 aliphatic heterocycles. The molecule has 0 radical (unpaired) electrons. The van der Waals surface area contributed by atoms with Gasteiger partial charge >= 0.3 is 0 Å². The van der Waals surface area contributed by atoms with E-state index < -0.39 is 9.84 Å². The van der Waals surface area contributed by atoms with Crippen molar-refractivity contribution in [2.24, 2.45) is 0 Å². The molecule has 150 valence electrons. The Bertz CT molecular complexity index is 1160. The van der Waals surface area contributed by atoms with E-state index in [2.05, 4.69) is 0 Å². The summed E-state index contributed by atoms with van der Waals surface area (Å²) in [6.07, 6.45) is 0.445. The van der Waals surface area contributed by atoms with Crippen LogP contribution in [0.2, 0.25) is 0 Å². The zero-order valence-corrected chi connectivity index (χ0v) is 17.3. The second kappa shape index (κ2) is 7.57. The van der Waals surface area contributed by atoms with Gasteiger partial charge in [-0.3, -0.25) is 9.80 Å². The van der Waals surface area contributed by atoms with E-state index in [1.54, 1.807) is 30.2 Å². The quantitative estimate of drug-likeness (QED) is 0.620. The molecule has 3 aromatic rings. The fourth-order valence-corrected chi connectivity index (χ4v) is 5.57. The maximum Gasteiger partial charge on any atom is 0.269 e. The van der Waals surface area contributed by atoms with Crippen LogP contribution in [0.25, 0.3) is 22.2 Å². The number of rotatable bonds is 4. The predicted molar refractivity (Wildman–Crippen MR) is 114 cm³/mol. The molecular weight excluding hydrogens is 386 g/mol. The molecule has 7 heteroatoms. The van der Waals surface area contributed by atoms with Crippen LogP contribution in [0, 0.1) is 0 Å². The topological polar surface area (TPSA) is 70.6 Å². The average molecular weight is 410 g/mol. The van der Waals surface area contributed by atoms with E-state index in [9.17, 15) is 13.2 Å². The Morgan fingerprint density at radius 2 is 1.72 bits per heavy atom. The number of carbonyl (C=O) groups excluding carboxylic acids is 1. The first-order valence-electron chi connectivity index (χ1n) is 9.52. The largest absolute Gasteiger partial charge is 0.269 e. The minimum absolute atomic E-state index is 0.00845. The lowest BCUT2D eigenvalue weighted by Crippen LogP contribution is -2.49. The Kier molecular flexibility index (Phi) is 5.10. The lowest BCUT2D eigenvalue weighted by molar-refractivity contribution is 0.00120. The van der Waals surface area contributed by atoms with Crippen molar-refractivity contribution in [3.63, 3.8) is 0 Å². The van der Waals surface area contributed by atoms with Gasteiger partial charge in [-0.2, -0.15) is 0 Å². The minimum Gasteiger partial charge on any atom is -0.268 e. The van der Waals surface area contributed by atoms with Gasteiger partial charge in [0.25, 0.3) is 5.91 Å². The summed E-state index contributed by atoms with van der Waals surface area (Å²) in [6, 6.07) is 18.7. The molecule has 0 aliphatic carbocycles. The van der Waals surface area contributed by atoms with Crippen LogP contribution in [-0.4, -0.2) is 61.0 Å². The fourth-order valence-electron chi connectivity index (χ4n) is 3.87. The van der Waals surface area contributed by atoms with E-state index in [1.165, 1.54) is 0 Å². The van der Waals surface area contributed by atoms with Crippen LogP contribution in [0.15, 0.2) is 60.7 Å². The smallest absolute Gasteiger partial charge is 0.268 e. The van der Waals surface area contributed by atoms with E-state index in [-0.39, 0.29) is 23.5 Å². The van der Waals surface area contributed by atoms with Gasteiger partial charge in [-0.05, 0) is 18.6 Å². The first kappa shape index (κ1) is 19.5. The third-order valence-corrected chi connectivity index (χ3v) is 6.96. The molecule has 1 atom stereocenters. The molecule has 1 saturated heterocycles. The summed E-state index contributed by atoms with van der Waals surface area (Å²) >= 11 is 0. The van der Waals surface area contributed by atoms with Gasteiger partial charge in [0.2, 0.25) is 0 Å². The van der Waals surface area contributed by atoms with Gasteiger partial charge in [-0.15, -0.1) is 0 Å². The zero-order chi connectivity index (χ0) is 20.6. The molecule has 1 unspecified atom stereocenters. The number of carbonyl (C=O) groups is 1. The van der Waals surface area contributed by atoms with Crippen molar-refractivity contribution in [3.8, 4) is 11.3 Å². The van der Waals surface area contributed by atoms with E-state index in [1.807, 2.05) is 54.6 Å². The summed E-state index contributed by atoms with van der Waals surface area (Å²) < 4.78 is 24.0. The summed E-state index contributed by atoms with van der Waals surface area (Å²) in [5, 5.41) is 4.01. The van der Waals surface area contributed by atoms with Crippen LogP contribution in [0.1, 0.15) is 16.8 Å². The second-order valence-corrected chi connectivity index (χ2v) is 9.72. The molecule has 1 aliphatic rings. The van der Waals surface area contributed by atoms with Gasteiger partial charge in [0, 0.05) is 25.0 Å². The Balaban J connectivity index is 1.84. The Hall–Kier alpha value is -2.77. The Labute approximate surface area is 170 Å². The molecule has 0 spiro atoms. The standard InChI is InChI=1S/C22H23N3O3S/c1-24(2)25(17-12-13-29(27,28)15-17)22(26)19-14-21(16-8-4-3-5-9-16)23-20-11-7-6-10-18(19)20/h3-11,14,17H,12-13,15H2,1-2H3. The number of hydrogen-bond donors (Lipinski definition) is 0. The Morgan fingerprint density at radius 1 is 1.03 bits per heavy atom. The number of hydrogen-bond acceptors (Lipinski definition) is 5. The average Bonchev–Trinajstić information content (AvgIpc) is 3.06. The molecule has 1 amide bonds. The van der Waals surface area contributed by atoms with Crippen molar-refractivity contribution >= 4 is 26.6 Å². The van der Waals surface area contributed by atoms with Crippen molar-refractivity contribution in [2.75, 3.05) is 25.6 Å². The molecule has 1 aromatic heterocycles. The third-order valence-electron chi connectivity index (χ3n) is 5.21. The SMILES string of the molecule is CN(C)N(C(=O)c1cc(-c2ccccc2)nc2ccccc12)C1CCS(=O)(=O)C1. The number of sulfone groups is 1. The number of hydrazine groups is 1. The van der Waals surface area contributed by atoms with E-state index in [4.69, 9.17) is 4.98 Å². The maximum absolute atomic E-state index is 13.6. The summed E-state index contributed by atoms with van der Waals surface area (Å²) in [5.41, 5.74) is 2.89. The van der Waals surface area contributed by atoms with Crippen LogP contribution < -0.4 is 0 Å². The van der Waals surface area contributed by atoms with Gasteiger partial charge in [0.05, 0.1) is 34.3 Å².